The fourth-order valence-corrected chi connectivity index (χ4v) is 2.60. The number of hydrogen-bond acceptors (Lipinski definition) is 8. The molecule has 1 aromatic carbocycles. The summed E-state index contributed by atoms with van der Waals surface area (Å²) in [5, 5.41) is 0. The number of carbonyl (C=O) groups is 3. The van der Waals surface area contributed by atoms with Crippen molar-refractivity contribution in [1.29, 1.82) is 0 Å². The maximum absolute atomic E-state index is 11.5. The van der Waals surface area contributed by atoms with Crippen molar-refractivity contribution in [2.24, 2.45) is 0 Å². The molecule has 1 aliphatic rings. The smallest absolute Gasteiger partial charge is 0.303 e. The molecule has 8 nitrogen and oxygen atoms in total. The monoisotopic (exact) mass is 366 g/mol. The summed E-state index contributed by atoms with van der Waals surface area (Å²) in [6, 6.07) is 9.34. The molecular formula is C18H22O8. The van der Waals surface area contributed by atoms with E-state index in [0.29, 0.717) is 0 Å². The van der Waals surface area contributed by atoms with E-state index in [2.05, 4.69) is 0 Å². The van der Waals surface area contributed by atoms with Crippen LogP contribution in [0.15, 0.2) is 30.3 Å². The summed E-state index contributed by atoms with van der Waals surface area (Å²) in [6.45, 7) is 3.80. The van der Waals surface area contributed by atoms with Crippen LogP contribution in [0.5, 0.6) is 0 Å². The van der Waals surface area contributed by atoms with Gasteiger partial charge in [-0.3, -0.25) is 14.4 Å². The lowest BCUT2D eigenvalue weighted by Crippen LogP contribution is -2.58. The summed E-state index contributed by atoms with van der Waals surface area (Å²) in [4.78, 5) is 34.3. The third-order valence-electron chi connectivity index (χ3n) is 3.56. The third kappa shape index (κ3) is 5.82. The number of benzene rings is 1. The minimum absolute atomic E-state index is 0.0608. The summed E-state index contributed by atoms with van der Waals surface area (Å²) in [5.74, 6) is -1.78. The number of rotatable bonds is 6. The van der Waals surface area contributed by atoms with E-state index in [4.69, 9.17) is 23.7 Å². The van der Waals surface area contributed by atoms with Gasteiger partial charge < -0.3 is 23.7 Å². The number of esters is 3. The Morgan fingerprint density at radius 1 is 0.923 bits per heavy atom. The van der Waals surface area contributed by atoms with Crippen LogP contribution in [0.3, 0.4) is 0 Å². The van der Waals surface area contributed by atoms with Gasteiger partial charge in [0.1, 0.15) is 0 Å². The Morgan fingerprint density at radius 2 is 1.50 bits per heavy atom. The van der Waals surface area contributed by atoms with Crippen molar-refractivity contribution in [3.8, 4) is 0 Å². The standard InChI is InChI=1S/C18H22O8/c1-11(19)24-15-10-23-18(22-9-14-7-5-4-6-8-14)17(26-13(3)21)16(15)25-12(2)20/h4-8,15-18H,9-10H2,1-3H3/t15-,16-,17+,18+/m0/s1. The molecule has 26 heavy (non-hydrogen) atoms. The van der Waals surface area contributed by atoms with Crippen LogP contribution in [-0.2, 0) is 44.7 Å². The highest BCUT2D eigenvalue weighted by atomic mass is 16.7. The zero-order valence-corrected chi connectivity index (χ0v) is 14.9. The highest BCUT2D eigenvalue weighted by Crippen LogP contribution is 2.26. The third-order valence-corrected chi connectivity index (χ3v) is 3.56. The zero-order valence-electron chi connectivity index (χ0n) is 14.9. The number of carbonyl (C=O) groups excluding carboxylic acids is 3. The fraction of sp³-hybridized carbons (Fsp3) is 0.500. The summed E-state index contributed by atoms with van der Waals surface area (Å²) in [5.41, 5.74) is 0.892. The first-order chi connectivity index (χ1) is 12.4. The molecule has 0 saturated carbocycles. The second-order valence-electron chi connectivity index (χ2n) is 5.79. The molecule has 0 N–H and O–H groups in total. The van der Waals surface area contributed by atoms with Crippen LogP contribution in [0.1, 0.15) is 26.3 Å². The van der Waals surface area contributed by atoms with Crippen LogP contribution in [0.4, 0.5) is 0 Å². The second kappa shape index (κ2) is 9.30. The minimum atomic E-state index is -1.07. The van der Waals surface area contributed by atoms with Gasteiger partial charge in [-0.1, -0.05) is 30.3 Å². The molecule has 0 bridgehead atoms. The quantitative estimate of drug-likeness (QED) is 0.550. The molecule has 0 amide bonds. The lowest BCUT2D eigenvalue weighted by atomic mass is 10.0. The highest BCUT2D eigenvalue weighted by molar-refractivity contribution is 5.68. The summed E-state index contributed by atoms with van der Waals surface area (Å²) < 4.78 is 26.9. The summed E-state index contributed by atoms with van der Waals surface area (Å²) >= 11 is 0. The molecule has 0 aliphatic carbocycles. The molecule has 1 fully saturated rings. The minimum Gasteiger partial charge on any atom is -0.456 e. The Kier molecular flexibility index (Phi) is 7.11. The van der Waals surface area contributed by atoms with Gasteiger partial charge in [-0.15, -0.1) is 0 Å². The molecule has 1 aromatic rings. The number of hydrogen-bond donors (Lipinski definition) is 0. The van der Waals surface area contributed by atoms with Gasteiger partial charge in [0.25, 0.3) is 0 Å². The van der Waals surface area contributed by atoms with Crippen molar-refractivity contribution in [1.82, 2.24) is 0 Å². The van der Waals surface area contributed by atoms with Crippen LogP contribution >= 0.6 is 0 Å². The average Bonchev–Trinajstić information content (AvgIpc) is 2.56. The number of ether oxygens (including phenoxy) is 5. The molecule has 1 saturated heterocycles. The van der Waals surface area contributed by atoms with Crippen LogP contribution in [0, 0.1) is 0 Å². The highest BCUT2D eigenvalue weighted by Gasteiger charge is 2.47. The Balaban J connectivity index is 2.16. The van der Waals surface area contributed by atoms with Crippen LogP contribution in [0.2, 0.25) is 0 Å². The van der Waals surface area contributed by atoms with Crippen molar-refractivity contribution in [2.45, 2.75) is 52.0 Å². The van der Waals surface area contributed by atoms with Crippen LogP contribution in [0.25, 0.3) is 0 Å². The van der Waals surface area contributed by atoms with E-state index in [9.17, 15) is 14.4 Å². The first-order valence-corrected chi connectivity index (χ1v) is 8.15. The van der Waals surface area contributed by atoms with E-state index in [1.165, 1.54) is 20.8 Å². The molecule has 142 valence electrons. The normalized spacial score (nSPS) is 25.2. The van der Waals surface area contributed by atoms with Crippen molar-refractivity contribution < 1.29 is 38.1 Å². The lowest BCUT2D eigenvalue weighted by molar-refractivity contribution is -0.283. The summed E-state index contributed by atoms with van der Waals surface area (Å²) in [6.07, 6.45) is -3.99. The lowest BCUT2D eigenvalue weighted by Gasteiger charge is -2.40. The van der Waals surface area contributed by atoms with Gasteiger partial charge in [0, 0.05) is 20.8 Å². The molecule has 0 radical (unpaired) electrons. The van der Waals surface area contributed by atoms with Crippen molar-refractivity contribution >= 4 is 17.9 Å². The molecule has 0 unspecified atom stereocenters. The van der Waals surface area contributed by atoms with Crippen molar-refractivity contribution in [2.75, 3.05) is 6.61 Å². The van der Waals surface area contributed by atoms with E-state index in [1.807, 2.05) is 30.3 Å². The van der Waals surface area contributed by atoms with Crippen molar-refractivity contribution in [3.05, 3.63) is 35.9 Å². The maximum Gasteiger partial charge on any atom is 0.303 e. The van der Waals surface area contributed by atoms with Crippen molar-refractivity contribution in [3.63, 3.8) is 0 Å². The van der Waals surface area contributed by atoms with Gasteiger partial charge in [-0.2, -0.15) is 0 Å². The average molecular weight is 366 g/mol. The molecule has 2 rings (SSSR count). The van der Waals surface area contributed by atoms with Gasteiger partial charge >= 0.3 is 17.9 Å². The first kappa shape index (κ1) is 19.9. The van der Waals surface area contributed by atoms with Gasteiger partial charge in [0.15, 0.2) is 24.6 Å². The predicted octanol–water partition coefficient (Wildman–Crippen LogP) is 1.35. The van der Waals surface area contributed by atoms with Gasteiger partial charge in [0.2, 0.25) is 0 Å². The van der Waals surface area contributed by atoms with Gasteiger partial charge in [-0.05, 0) is 5.56 Å². The topological polar surface area (TPSA) is 97.4 Å². The SMILES string of the molecule is CC(=O)O[C@@H]1[C@@H](OC(C)=O)[C@H](OCc2ccccc2)OC[C@@H]1OC(C)=O. The Morgan fingerprint density at radius 3 is 2.08 bits per heavy atom. The molecule has 4 atom stereocenters. The van der Waals surface area contributed by atoms with E-state index < -0.39 is 42.5 Å². The Labute approximate surface area is 151 Å². The summed E-state index contributed by atoms with van der Waals surface area (Å²) in [7, 11) is 0. The van der Waals surface area contributed by atoms with Gasteiger partial charge in [-0.25, -0.2) is 0 Å². The molecular weight excluding hydrogens is 344 g/mol. The first-order valence-electron chi connectivity index (χ1n) is 8.15. The van der Waals surface area contributed by atoms with E-state index >= 15 is 0 Å². The van der Waals surface area contributed by atoms with E-state index in [0.717, 1.165) is 5.56 Å². The maximum atomic E-state index is 11.5. The molecule has 8 heteroatoms. The zero-order chi connectivity index (χ0) is 19.1. The Hall–Kier alpha value is -2.45. The van der Waals surface area contributed by atoms with Gasteiger partial charge in [0.05, 0.1) is 13.2 Å². The van der Waals surface area contributed by atoms with E-state index in [1.54, 1.807) is 0 Å². The van der Waals surface area contributed by atoms with Crippen LogP contribution in [-0.4, -0.2) is 49.1 Å². The van der Waals surface area contributed by atoms with E-state index in [-0.39, 0.29) is 13.2 Å². The fourth-order valence-electron chi connectivity index (χ4n) is 2.60. The van der Waals surface area contributed by atoms with Crippen LogP contribution < -0.4 is 0 Å². The predicted molar refractivity (Wildman–Crippen MR) is 87.6 cm³/mol. The molecule has 1 heterocycles. The second-order valence-corrected chi connectivity index (χ2v) is 5.79. The largest absolute Gasteiger partial charge is 0.456 e. The Bertz CT molecular complexity index is 629. The molecule has 1 aliphatic heterocycles. The molecule has 0 aromatic heterocycles. The molecule has 0 spiro atoms.